The smallest absolute Gasteiger partial charge is 0.303 e. The van der Waals surface area contributed by atoms with Crippen LogP contribution < -0.4 is 4.90 Å². The second kappa shape index (κ2) is 5.78. The molecule has 0 bridgehead atoms. The number of carbonyl (C=O) groups is 1. The van der Waals surface area contributed by atoms with Gasteiger partial charge in [-0.15, -0.1) is 0 Å². The lowest BCUT2D eigenvalue weighted by atomic mass is 10.0. The molecule has 20 heavy (non-hydrogen) atoms. The molecule has 1 saturated heterocycles. The van der Waals surface area contributed by atoms with Crippen LogP contribution in [0.4, 0.5) is 5.82 Å². The van der Waals surface area contributed by atoms with Gasteiger partial charge in [0.2, 0.25) is 0 Å². The van der Waals surface area contributed by atoms with Crippen molar-refractivity contribution < 1.29 is 18.3 Å². The maximum absolute atomic E-state index is 11.8. The van der Waals surface area contributed by atoms with Crippen LogP contribution in [0.1, 0.15) is 19.3 Å². The van der Waals surface area contributed by atoms with Crippen molar-refractivity contribution in [1.82, 2.24) is 4.98 Å². The lowest BCUT2D eigenvalue weighted by Gasteiger charge is -2.19. The zero-order chi connectivity index (χ0) is 14.8. The van der Waals surface area contributed by atoms with Crippen molar-refractivity contribution in [3.8, 4) is 0 Å². The molecule has 1 unspecified atom stereocenters. The molecule has 1 aliphatic rings. The van der Waals surface area contributed by atoms with Crippen molar-refractivity contribution in [2.75, 3.05) is 24.2 Å². The standard InChI is InChI=1S/C13H18N2O4S/c1-20(18,19)11-3-2-7-14-13(11)15-8-6-10(9-15)4-5-12(16)17/h2-3,7,10H,4-6,8-9H2,1H3,(H,16,17). The zero-order valence-electron chi connectivity index (χ0n) is 11.3. The van der Waals surface area contributed by atoms with E-state index in [-0.39, 0.29) is 17.2 Å². The first kappa shape index (κ1) is 14.8. The molecule has 7 heteroatoms. The molecule has 0 aliphatic carbocycles. The van der Waals surface area contributed by atoms with Gasteiger partial charge >= 0.3 is 5.97 Å². The Kier molecular flexibility index (Phi) is 4.27. The van der Waals surface area contributed by atoms with Gasteiger partial charge in [-0.2, -0.15) is 0 Å². The van der Waals surface area contributed by atoms with Gasteiger partial charge in [0.05, 0.1) is 0 Å². The monoisotopic (exact) mass is 298 g/mol. The van der Waals surface area contributed by atoms with Crippen LogP contribution in [0.25, 0.3) is 0 Å². The Hall–Kier alpha value is -1.63. The van der Waals surface area contributed by atoms with E-state index in [1.807, 2.05) is 4.90 Å². The molecule has 0 radical (unpaired) electrons. The van der Waals surface area contributed by atoms with Crippen LogP contribution in [0.2, 0.25) is 0 Å². The highest BCUT2D eigenvalue weighted by Gasteiger charge is 2.27. The normalized spacial score (nSPS) is 19.2. The summed E-state index contributed by atoms with van der Waals surface area (Å²) in [5.74, 6) is -0.0357. The van der Waals surface area contributed by atoms with E-state index < -0.39 is 15.8 Å². The summed E-state index contributed by atoms with van der Waals surface area (Å²) in [4.78, 5) is 16.9. The number of anilines is 1. The summed E-state index contributed by atoms with van der Waals surface area (Å²) in [6, 6.07) is 3.17. The van der Waals surface area contributed by atoms with E-state index in [9.17, 15) is 13.2 Å². The fraction of sp³-hybridized carbons (Fsp3) is 0.538. The first-order valence-electron chi connectivity index (χ1n) is 6.49. The van der Waals surface area contributed by atoms with E-state index in [0.29, 0.717) is 25.3 Å². The number of carboxylic acids is 1. The fourth-order valence-corrected chi connectivity index (χ4v) is 3.34. The largest absolute Gasteiger partial charge is 0.481 e. The van der Waals surface area contributed by atoms with Crippen LogP contribution in [-0.4, -0.2) is 43.8 Å². The molecule has 1 aromatic heterocycles. The molecule has 0 saturated carbocycles. The van der Waals surface area contributed by atoms with Gasteiger partial charge in [-0.25, -0.2) is 13.4 Å². The molecule has 1 aromatic rings. The van der Waals surface area contributed by atoms with E-state index in [1.54, 1.807) is 18.3 Å². The zero-order valence-corrected chi connectivity index (χ0v) is 12.1. The minimum Gasteiger partial charge on any atom is -0.481 e. The summed E-state index contributed by atoms with van der Waals surface area (Å²) in [6.07, 6.45) is 4.39. The molecule has 1 N–H and O–H groups in total. The van der Waals surface area contributed by atoms with Crippen molar-refractivity contribution >= 4 is 21.6 Å². The van der Waals surface area contributed by atoms with Crippen LogP contribution in [-0.2, 0) is 14.6 Å². The summed E-state index contributed by atoms with van der Waals surface area (Å²) in [5, 5.41) is 8.70. The molecule has 0 aromatic carbocycles. The van der Waals surface area contributed by atoms with Gasteiger partial charge in [-0.3, -0.25) is 4.79 Å². The number of hydrogen-bond acceptors (Lipinski definition) is 5. The number of carboxylic acid groups (broad SMARTS) is 1. The number of sulfone groups is 1. The van der Waals surface area contributed by atoms with Crippen molar-refractivity contribution in [3.63, 3.8) is 0 Å². The third kappa shape index (κ3) is 3.47. The van der Waals surface area contributed by atoms with Gasteiger partial charge in [0.1, 0.15) is 10.7 Å². The Morgan fingerprint density at radius 1 is 1.55 bits per heavy atom. The molecule has 2 heterocycles. The molecule has 0 amide bonds. The highest BCUT2D eigenvalue weighted by molar-refractivity contribution is 7.90. The third-order valence-corrected chi connectivity index (χ3v) is 4.62. The summed E-state index contributed by atoms with van der Waals surface area (Å²) < 4.78 is 23.5. The summed E-state index contributed by atoms with van der Waals surface area (Å²) in [5.41, 5.74) is 0. The van der Waals surface area contributed by atoms with Crippen molar-refractivity contribution in [2.45, 2.75) is 24.2 Å². The van der Waals surface area contributed by atoms with Crippen molar-refractivity contribution in [1.29, 1.82) is 0 Å². The van der Waals surface area contributed by atoms with Crippen molar-refractivity contribution in [2.24, 2.45) is 5.92 Å². The average Bonchev–Trinajstić information content (AvgIpc) is 2.84. The Morgan fingerprint density at radius 3 is 2.95 bits per heavy atom. The Morgan fingerprint density at radius 2 is 2.30 bits per heavy atom. The van der Waals surface area contributed by atoms with Gasteiger partial charge in [-0.05, 0) is 30.9 Å². The van der Waals surface area contributed by atoms with E-state index in [4.69, 9.17) is 5.11 Å². The van der Waals surface area contributed by atoms with Crippen LogP contribution in [0.3, 0.4) is 0 Å². The number of rotatable bonds is 5. The highest BCUT2D eigenvalue weighted by Crippen LogP contribution is 2.29. The molecule has 2 rings (SSSR count). The number of pyridine rings is 1. The van der Waals surface area contributed by atoms with E-state index >= 15 is 0 Å². The second-order valence-corrected chi connectivity index (χ2v) is 7.11. The Balaban J connectivity index is 2.13. The second-order valence-electron chi connectivity index (χ2n) is 5.13. The van der Waals surface area contributed by atoms with Gasteiger partial charge in [0.15, 0.2) is 9.84 Å². The minimum atomic E-state index is -3.31. The molecular weight excluding hydrogens is 280 g/mol. The first-order chi connectivity index (χ1) is 9.38. The predicted molar refractivity (Wildman–Crippen MR) is 74.5 cm³/mol. The average molecular weight is 298 g/mol. The van der Waals surface area contributed by atoms with Gasteiger partial charge in [0, 0.05) is 32.0 Å². The Labute approximate surface area is 118 Å². The molecule has 6 nitrogen and oxygen atoms in total. The number of hydrogen-bond donors (Lipinski definition) is 1. The lowest BCUT2D eigenvalue weighted by Crippen LogP contribution is -2.23. The molecule has 1 aliphatic heterocycles. The van der Waals surface area contributed by atoms with Gasteiger partial charge in [0.25, 0.3) is 0 Å². The van der Waals surface area contributed by atoms with Crippen LogP contribution in [0, 0.1) is 5.92 Å². The number of aromatic nitrogens is 1. The van der Waals surface area contributed by atoms with Crippen LogP contribution in [0.5, 0.6) is 0 Å². The van der Waals surface area contributed by atoms with Gasteiger partial charge < -0.3 is 10.0 Å². The highest BCUT2D eigenvalue weighted by atomic mass is 32.2. The number of nitrogens with zero attached hydrogens (tertiary/aromatic N) is 2. The molecule has 110 valence electrons. The minimum absolute atomic E-state index is 0.152. The summed E-state index contributed by atoms with van der Waals surface area (Å²) in [7, 11) is -3.31. The Bertz CT molecular complexity index is 600. The third-order valence-electron chi connectivity index (χ3n) is 3.50. The van der Waals surface area contributed by atoms with E-state index in [1.165, 1.54) is 6.26 Å². The summed E-state index contributed by atoms with van der Waals surface area (Å²) in [6.45, 7) is 1.37. The van der Waals surface area contributed by atoms with E-state index in [0.717, 1.165) is 6.42 Å². The predicted octanol–water partition coefficient (Wildman–Crippen LogP) is 1.18. The first-order valence-corrected chi connectivity index (χ1v) is 8.39. The maximum atomic E-state index is 11.8. The van der Waals surface area contributed by atoms with E-state index in [2.05, 4.69) is 4.98 Å². The number of aliphatic carboxylic acids is 1. The molecule has 0 spiro atoms. The molecule has 1 fully saturated rings. The maximum Gasteiger partial charge on any atom is 0.303 e. The SMILES string of the molecule is CS(=O)(=O)c1cccnc1N1CCC(CCC(=O)O)C1. The molecular formula is C13H18N2O4S. The van der Waals surface area contributed by atoms with Gasteiger partial charge in [-0.1, -0.05) is 0 Å². The molecule has 1 atom stereocenters. The van der Waals surface area contributed by atoms with Crippen molar-refractivity contribution in [3.05, 3.63) is 18.3 Å². The lowest BCUT2D eigenvalue weighted by molar-refractivity contribution is -0.137. The van der Waals surface area contributed by atoms with Crippen LogP contribution in [0.15, 0.2) is 23.2 Å². The quantitative estimate of drug-likeness (QED) is 0.878. The van der Waals surface area contributed by atoms with Crippen LogP contribution >= 0.6 is 0 Å². The topological polar surface area (TPSA) is 87.6 Å². The summed E-state index contributed by atoms with van der Waals surface area (Å²) >= 11 is 0. The fourth-order valence-electron chi connectivity index (χ4n) is 2.50.